The van der Waals surface area contributed by atoms with Gasteiger partial charge in [-0.05, 0) is 49.9 Å². The van der Waals surface area contributed by atoms with Crippen LogP contribution < -0.4 is 10.2 Å². The number of carbonyl (C=O) groups excluding carboxylic acids is 1. The summed E-state index contributed by atoms with van der Waals surface area (Å²) in [6, 6.07) is 12.4. The van der Waals surface area contributed by atoms with Gasteiger partial charge in [0.2, 0.25) is 0 Å². The summed E-state index contributed by atoms with van der Waals surface area (Å²) in [6.07, 6.45) is 6.15. The van der Waals surface area contributed by atoms with E-state index in [9.17, 15) is 4.79 Å². The summed E-state index contributed by atoms with van der Waals surface area (Å²) in [7, 11) is 0. The molecule has 1 N–H and O–H groups in total. The van der Waals surface area contributed by atoms with Crippen molar-refractivity contribution in [3.05, 3.63) is 48.3 Å². The molecule has 6 heteroatoms. The summed E-state index contributed by atoms with van der Waals surface area (Å²) < 4.78 is 5.47. The monoisotopic (exact) mass is 394 g/mol. The quantitative estimate of drug-likeness (QED) is 0.829. The zero-order chi connectivity index (χ0) is 20.1. The second-order valence-electron chi connectivity index (χ2n) is 7.73. The van der Waals surface area contributed by atoms with E-state index >= 15 is 0 Å². The summed E-state index contributed by atoms with van der Waals surface area (Å²) in [4.78, 5) is 21.7. The third-order valence-corrected chi connectivity index (χ3v) is 5.88. The van der Waals surface area contributed by atoms with E-state index in [2.05, 4.69) is 40.3 Å². The lowest BCUT2D eigenvalue weighted by molar-refractivity contribution is 0.0602. The Kier molecular flexibility index (Phi) is 6.30. The van der Waals surface area contributed by atoms with Crippen molar-refractivity contribution >= 4 is 23.0 Å². The van der Waals surface area contributed by atoms with Crippen molar-refractivity contribution < 1.29 is 9.53 Å². The van der Waals surface area contributed by atoms with E-state index < -0.39 is 0 Å². The van der Waals surface area contributed by atoms with Crippen LogP contribution in [0.3, 0.4) is 0 Å². The average Bonchev–Trinajstić information content (AvgIpc) is 2.80. The second-order valence-corrected chi connectivity index (χ2v) is 7.73. The number of morpholine rings is 1. The SMILES string of the molecule is CCC1CCCCN1C(=O)c1ccc(Nc2ccccc2N2CCOCC2)cn1. The van der Waals surface area contributed by atoms with E-state index in [0.29, 0.717) is 11.7 Å². The van der Waals surface area contributed by atoms with E-state index in [-0.39, 0.29) is 5.91 Å². The van der Waals surface area contributed by atoms with Crippen LogP contribution in [0, 0.1) is 0 Å². The van der Waals surface area contributed by atoms with Crippen LogP contribution in [0.1, 0.15) is 43.1 Å². The molecule has 1 unspecified atom stereocenters. The number of benzene rings is 1. The van der Waals surface area contributed by atoms with Crippen molar-refractivity contribution in [1.29, 1.82) is 0 Å². The van der Waals surface area contributed by atoms with Crippen LogP contribution in [0.2, 0.25) is 0 Å². The minimum Gasteiger partial charge on any atom is -0.378 e. The van der Waals surface area contributed by atoms with Crippen LogP contribution in [0.4, 0.5) is 17.1 Å². The first-order valence-electron chi connectivity index (χ1n) is 10.7. The molecule has 1 aromatic carbocycles. The Morgan fingerprint density at radius 2 is 1.97 bits per heavy atom. The molecule has 3 heterocycles. The first kappa shape index (κ1) is 19.7. The summed E-state index contributed by atoms with van der Waals surface area (Å²) in [5, 5.41) is 3.47. The molecule has 0 spiro atoms. The third-order valence-electron chi connectivity index (χ3n) is 5.88. The number of ether oxygens (including phenoxy) is 1. The summed E-state index contributed by atoms with van der Waals surface area (Å²) in [5.41, 5.74) is 3.61. The Labute approximate surface area is 172 Å². The number of rotatable bonds is 5. The zero-order valence-electron chi connectivity index (χ0n) is 17.1. The minimum absolute atomic E-state index is 0.0526. The molecule has 0 radical (unpaired) electrons. The van der Waals surface area contributed by atoms with Crippen LogP contribution in [0.5, 0.6) is 0 Å². The van der Waals surface area contributed by atoms with Gasteiger partial charge in [-0.25, -0.2) is 4.98 Å². The smallest absolute Gasteiger partial charge is 0.272 e. The number of piperidine rings is 1. The topological polar surface area (TPSA) is 57.7 Å². The van der Waals surface area contributed by atoms with E-state index in [0.717, 1.165) is 69.2 Å². The van der Waals surface area contributed by atoms with Crippen molar-refractivity contribution in [3.8, 4) is 0 Å². The lowest BCUT2D eigenvalue weighted by atomic mass is 9.99. The molecular weight excluding hydrogens is 364 g/mol. The fourth-order valence-electron chi connectivity index (χ4n) is 4.25. The number of carbonyl (C=O) groups is 1. The highest BCUT2D eigenvalue weighted by Gasteiger charge is 2.26. The highest BCUT2D eigenvalue weighted by atomic mass is 16.5. The minimum atomic E-state index is 0.0526. The predicted molar refractivity (Wildman–Crippen MR) is 116 cm³/mol. The van der Waals surface area contributed by atoms with Gasteiger partial charge in [0.1, 0.15) is 5.69 Å². The number of anilines is 3. The lowest BCUT2D eigenvalue weighted by Gasteiger charge is -2.35. The van der Waals surface area contributed by atoms with E-state index in [1.165, 1.54) is 6.42 Å². The predicted octanol–water partition coefficient (Wildman–Crippen LogP) is 4.07. The van der Waals surface area contributed by atoms with Crippen LogP contribution in [0.25, 0.3) is 0 Å². The Bertz CT molecular complexity index is 818. The number of likely N-dealkylation sites (tertiary alicyclic amines) is 1. The highest BCUT2D eigenvalue weighted by molar-refractivity contribution is 5.93. The fraction of sp³-hybridized carbons (Fsp3) is 0.478. The average molecular weight is 395 g/mol. The molecule has 0 aliphatic carbocycles. The number of aromatic nitrogens is 1. The number of hydrogen-bond donors (Lipinski definition) is 1. The number of nitrogens with one attached hydrogen (secondary N) is 1. The first-order chi connectivity index (χ1) is 14.3. The maximum atomic E-state index is 12.9. The van der Waals surface area contributed by atoms with Crippen molar-refractivity contribution in [2.75, 3.05) is 43.1 Å². The standard InChI is InChI=1S/C23H30N4O2/c1-2-19-7-5-6-12-27(19)23(28)21-11-10-18(17-24-21)25-20-8-3-4-9-22(20)26-13-15-29-16-14-26/h3-4,8-11,17,19,25H,2,5-7,12-16H2,1H3. The van der Waals surface area contributed by atoms with Gasteiger partial charge in [0, 0.05) is 25.7 Å². The van der Waals surface area contributed by atoms with E-state index in [4.69, 9.17) is 4.74 Å². The maximum absolute atomic E-state index is 12.9. The van der Waals surface area contributed by atoms with Crippen LogP contribution >= 0.6 is 0 Å². The van der Waals surface area contributed by atoms with Gasteiger partial charge < -0.3 is 19.9 Å². The molecular formula is C23H30N4O2. The Balaban J connectivity index is 1.47. The number of pyridine rings is 1. The molecule has 2 fully saturated rings. The molecule has 2 aliphatic heterocycles. The normalized spacial score (nSPS) is 19.8. The molecule has 1 aromatic heterocycles. The van der Waals surface area contributed by atoms with Gasteiger partial charge in [0.15, 0.2) is 0 Å². The van der Waals surface area contributed by atoms with Crippen LogP contribution in [-0.4, -0.2) is 54.7 Å². The third kappa shape index (κ3) is 4.53. The molecule has 2 aromatic rings. The van der Waals surface area contributed by atoms with E-state index in [1.807, 2.05) is 23.1 Å². The molecule has 0 bridgehead atoms. The summed E-state index contributed by atoms with van der Waals surface area (Å²) in [6.45, 7) is 6.27. The first-order valence-corrected chi connectivity index (χ1v) is 10.7. The summed E-state index contributed by atoms with van der Waals surface area (Å²) in [5.74, 6) is 0.0526. The van der Waals surface area contributed by atoms with Crippen LogP contribution in [-0.2, 0) is 4.74 Å². The number of amides is 1. The van der Waals surface area contributed by atoms with Crippen molar-refractivity contribution in [3.63, 3.8) is 0 Å². The zero-order valence-corrected chi connectivity index (χ0v) is 17.1. The van der Waals surface area contributed by atoms with Gasteiger partial charge in [0.05, 0.1) is 36.5 Å². The Morgan fingerprint density at radius 1 is 1.14 bits per heavy atom. The molecule has 2 aliphatic rings. The second kappa shape index (κ2) is 9.27. The fourth-order valence-corrected chi connectivity index (χ4v) is 4.25. The number of nitrogens with zero attached hydrogens (tertiary/aromatic N) is 3. The number of para-hydroxylation sites is 2. The molecule has 29 heavy (non-hydrogen) atoms. The van der Waals surface area contributed by atoms with Gasteiger partial charge in [-0.3, -0.25) is 4.79 Å². The van der Waals surface area contributed by atoms with Crippen molar-refractivity contribution in [2.45, 2.75) is 38.6 Å². The van der Waals surface area contributed by atoms with Gasteiger partial charge in [-0.15, -0.1) is 0 Å². The van der Waals surface area contributed by atoms with Crippen molar-refractivity contribution in [1.82, 2.24) is 9.88 Å². The molecule has 4 rings (SSSR count). The Morgan fingerprint density at radius 3 is 2.72 bits per heavy atom. The lowest BCUT2D eigenvalue weighted by Crippen LogP contribution is -2.43. The van der Waals surface area contributed by atoms with Gasteiger partial charge in [0.25, 0.3) is 5.91 Å². The molecule has 2 saturated heterocycles. The molecule has 1 amide bonds. The number of hydrogen-bond acceptors (Lipinski definition) is 5. The van der Waals surface area contributed by atoms with Gasteiger partial charge >= 0.3 is 0 Å². The molecule has 154 valence electrons. The Hall–Kier alpha value is -2.60. The maximum Gasteiger partial charge on any atom is 0.272 e. The van der Waals surface area contributed by atoms with E-state index in [1.54, 1.807) is 6.20 Å². The molecule has 1 atom stereocenters. The largest absolute Gasteiger partial charge is 0.378 e. The molecule has 0 saturated carbocycles. The van der Waals surface area contributed by atoms with Gasteiger partial charge in [-0.2, -0.15) is 0 Å². The highest BCUT2D eigenvalue weighted by Crippen LogP contribution is 2.29. The van der Waals surface area contributed by atoms with Crippen molar-refractivity contribution in [2.24, 2.45) is 0 Å². The van der Waals surface area contributed by atoms with Gasteiger partial charge in [-0.1, -0.05) is 19.1 Å². The van der Waals surface area contributed by atoms with Crippen LogP contribution in [0.15, 0.2) is 42.6 Å². The summed E-state index contributed by atoms with van der Waals surface area (Å²) >= 11 is 0. The molecule has 6 nitrogen and oxygen atoms in total.